The number of nitrogens with zero attached hydrogens (tertiary/aromatic N) is 3. The fourth-order valence-corrected chi connectivity index (χ4v) is 2.65. The first-order valence-electron chi connectivity index (χ1n) is 8.09. The van der Waals surface area contributed by atoms with Crippen LogP contribution in [0.25, 0.3) is 0 Å². The first-order chi connectivity index (χ1) is 12.6. The maximum Gasteiger partial charge on any atom is 0.286 e. The quantitative estimate of drug-likeness (QED) is 0.600. The van der Waals surface area contributed by atoms with Gasteiger partial charge in [-0.15, -0.1) is 0 Å². The van der Waals surface area contributed by atoms with E-state index < -0.39 is 40.1 Å². The predicted octanol–water partition coefficient (Wildman–Crippen LogP) is 1.13. The van der Waals surface area contributed by atoms with E-state index in [-0.39, 0.29) is 0 Å². The molecule has 0 aliphatic heterocycles. The first kappa shape index (κ1) is 19.8. The monoisotopic (exact) mass is 372 g/mol. The number of hydrogen-bond donors (Lipinski definition) is 1. The van der Waals surface area contributed by atoms with Crippen molar-refractivity contribution in [3.8, 4) is 0 Å². The number of primary amides is 1. The largest absolute Gasteiger partial charge is 0.365 e. The van der Waals surface area contributed by atoms with Crippen LogP contribution in [-0.4, -0.2) is 33.3 Å². The molecule has 0 aliphatic carbocycles. The molecule has 0 bridgehead atoms. The van der Waals surface area contributed by atoms with Crippen molar-refractivity contribution in [3.63, 3.8) is 0 Å². The minimum atomic E-state index is -1.09. The number of amides is 2. The smallest absolute Gasteiger partial charge is 0.286 e. The minimum absolute atomic E-state index is 0.317. The van der Waals surface area contributed by atoms with Gasteiger partial charge in [-0.25, -0.2) is 0 Å². The van der Waals surface area contributed by atoms with Crippen LogP contribution >= 0.6 is 0 Å². The van der Waals surface area contributed by atoms with Crippen LogP contribution in [0, 0.1) is 24.0 Å². The minimum Gasteiger partial charge on any atom is -0.365 e. The number of pyridine rings is 1. The van der Waals surface area contributed by atoms with Crippen LogP contribution in [0.3, 0.4) is 0 Å². The summed E-state index contributed by atoms with van der Waals surface area (Å²) in [6.07, 6.45) is 0.928. The van der Waals surface area contributed by atoms with E-state index in [1.54, 1.807) is 7.05 Å². The third kappa shape index (κ3) is 4.57. The van der Waals surface area contributed by atoms with Crippen molar-refractivity contribution in [3.05, 3.63) is 73.2 Å². The number of carbonyl (C=O) groups excluding carboxylic acids is 2. The van der Waals surface area contributed by atoms with Gasteiger partial charge in [0.1, 0.15) is 12.1 Å². The number of benzene rings is 1. The summed E-state index contributed by atoms with van der Waals surface area (Å²) < 4.78 is 0.832. The van der Waals surface area contributed by atoms with E-state index in [1.807, 2.05) is 32.0 Å². The van der Waals surface area contributed by atoms with Crippen molar-refractivity contribution >= 4 is 17.5 Å². The molecule has 0 aliphatic rings. The van der Waals surface area contributed by atoms with Crippen molar-refractivity contribution < 1.29 is 14.5 Å². The Bertz CT molecular complexity index is 980. The summed E-state index contributed by atoms with van der Waals surface area (Å²) in [6, 6.07) is 6.66. The molecule has 0 atom stereocenters. The van der Waals surface area contributed by atoms with Crippen molar-refractivity contribution in [2.45, 2.75) is 26.9 Å². The number of rotatable bonds is 6. The Morgan fingerprint density at radius 3 is 2.48 bits per heavy atom. The second-order valence-corrected chi connectivity index (χ2v) is 6.35. The van der Waals surface area contributed by atoms with Crippen molar-refractivity contribution in [2.24, 2.45) is 5.73 Å². The molecule has 2 N–H and O–H groups in total. The first-order valence-corrected chi connectivity index (χ1v) is 8.09. The van der Waals surface area contributed by atoms with E-state index in [0.717, 1.165) is 33.5 Å². The van der Waals surface area contributed by atoms with Gasteiger partial charge in [0.15, 0.2) is 0 Å². The molecule has 0 radical (unpaired) electrons. The Balaban J connectivity index is 2.27. The molecule has 1 aromatic carbocycles. The van der Waals surface area contributed by atoms with Crippen molar-refractivity contribution in [1.82, 2.24) is 9.47 Å². The van der Waals surface area contributed by atoms with E-state index in [1.165, 1.54) is 4.90 Å². The summed E-state index contributed by atoms with van der Waals surface area (Å²) in [5.41, 5.74) is 6.31. The fourth-order valence-electron chi connectivity index (χ4n) is 2.65. The van der Waals surface area contributed by atoms with Gasteiger partial charge in [-0.3, -0.25) is 29.1 Å². The van der Waals surface area contributed by atoms with Crippen LogP contribution in [0.5, 0.6) is 0 Å². The van der Waals surface area contributed by atoms with Crippen LogP contribution < -0.4 is 11.3 Å². The number of nitrogens with two attached hydrogens (primary N) is 1. The number of hydrogen-bond acceptors (Lipinski definition) is 5. The molecule has 0 saturated heterocycles. The lowest BCUT2D eigenvalue weighted by Crippen LogP contribution is -2.36. The van der Waals surface area contributed by atoms with Crippen LogP contribution in [0.4, 0.5) is 5.69 Å². The molecule has 2 aromatic rings. The summed E-state index contributed by atoms with van der Waals surface area (Å²) >= 11 is 0. The predicted molar refractivity (Wildman–Crippen MR) is 98.3 cm³/mol. The van der Waals surface area contributed by atoms with E-state index in [2.05, 4.69) is 0 Å². The van der Waals surface area contributed by atoms with Crippen LogP contribution in [-0.2, 0) is 17.9 Å². The van der Waals surface area contributed by atoms with Crippen LogP contribution in [0.15, 0.2) is 35.3 Å². The third-order valence-corrected chi connectivity index (χ3v) is 4.18. The lowest BCUT2D eigenvalue weighted by molar-refractivity contribution is -0.385. The van der Waals surface area contributed by atoms with Gasteiger partial charge in [-0.2, -0.15) is 0 Å². The summed E-state index contributed by atoms with van der Waals surface area (Å²) in [5.74, 6) is -1.53. The molecule has 0 spiro atoms. The van der Waals surface area contributed by atoms with Gasteiger partial charge in [-0.05, 0) is 25.0 Å². The maximum absolute atomic E-state index is 12.5. The number of likely N-dealkylation sites (N-methyl/N-ethyl adjacent to an activating group) is 1. The highest BCUT2D eigenvalue weighted by Gasteiger charge is 2.20. The van der Waals surface area contributed by atoms with Crippen LogP contribution in [0.1, 0.15) is 27.0 Å². The molecule has 9 nitrogen and oxygen atoms in total. The van der Waals surface area contributed by atoms with Gasteiger partial charge in [0.2, 0.25) is 5.91 Å². The molecule has 9 heteroatoms. The zero-order chi connectivity index (χ0) is 20.3. The Morgan fingerprint density at radius 1 is 1.26 bits per heavy atom. The summed E-state index contributed by atoms with van der Waals surface area (Å²) in [6.45, 7) is 3.78. The second kappa shape index (κ2) is 7.81. The number of aryl methyl sites for hydroxylation is 2. The topological polar surface area (TPSA) is 129 Å². The molecule has 27 heavy (non-hydrogen) atoms. The highest BCUT2D eigenvalue weighted by atomic mass is 16.6. The van der Waals surface area contributed by atoms with Gasteiger partial charge >= 0.3 is 0 Å². The zero-order valence-electron chi connectivity index (χ0n) is 15.3. The molecule has 1 heterocycles. The lowest BCUT2D eigenvalue weighted by atomic mass is 10.1. The van der Waals surface area contributed by atoms with Gasteiger partial charge in [0.05, 0.1) is 11.1 Å². The highest BCUT2D eigenvalue weighted by Crippen LogP contribution is 2.14. The third-order valence-electron chi connectivity index (χ3n) is 4.18. The summed E-state index contributed by atoms with van der Waals surface area (Å²) in [7, 11) is 1.57. The Morgan fingerprint density at radius 2 is 1.93 bits per heavy atom. The zero-order valence-corrected chi connectivity index (χ0v) is 15.3. The van der Waals surface area contributed by atoms with Gasteiger partial charge in [-0.1, -0.05) is 23.8 Å². The van der Waals surface area contributed by atoms with E-state index >= 15 is 0 Å². The van der Waals surface area contributed by atoms with Gasteiger partial charge in [0, 0.05) is 19.7 Å². The fraction of sp³-hybridized carbons (Fsp3) is 0.278. The Kier molecular flexibility index (Phi) is 5.74. The van der Waals surface area contributed by atoms with Crippen molar-refractivity contribution in [1.29, 1.82) is 0 Å². The van der Waals surface area contributed by atoms with E-state index in [0.29, 0.717) is 6.54 Å². The number of aromatic nitrogens is 1. The molecule has 2 rings (SSSR count). The summed E-state index contributed by atoms with van der Waals surface area (Å²) in [4.78, 5) is 47.8. The Hall–Kier alpha value is -3.49. The molecule has 0 saturated carbocycles. The van der Waals surface area contributed by atoms with E-state index in [4.69, 9.17) is 5.73 Å². The average Bonchev–Trinajstić information content (AvgIpc) is 2.58. The molecule has 0 unspecified atom stereocenters. The molecular formula is C18H20N4O5. The lowest BCUT2D eigenvalue weighted by Gasteiger charge is -2.19. The number of nitro groups is 1. The normalized spacial score (nSPS) is 10.5. The van der Waals surface area contributed by atoms with Crippen LogP contribution in [0.2, 0.25) is 0 Å². The van der Waals surface area contributed by atoms with Gasteiger partial charge < -0.3 is 10.6 Å². The number of carbonyl (C=O) groups is 2. The second-order valence-electron chi connectivity index (χ2n) is 6.35. The standard InChI is InChI=1S/C18H20N4O5/c1-11-4-5-13(12(2)6-11)8-20(3)16(23)10-21-9-14(22(26)27)7-15(17(19)24)18(21)25/h4-7,9H,8,10H2,1-3H3,(H2,19,24). The molecule has 142 valence electrons. The van der Waals surface area contributed by atoms with E-state index in [9.17, 15) is 24.5 Å². The molecule has 2 amide bonds. The Labute approximate surface area is 155 Å². The highest BCUT2D eigenvalue weighted by molar-refractivity contribution is 5.93. The molecule has 1 aromatic heterocycles. The van der Waals surface area contributed by atoms with Gasteiger partial charge in [0.25, 0.3) is 17.2 Å². The van der Waals surface area contributed by atoms with Crippen molar-refractivity contribution in [2.75, 3.05) is 7.05 Å². The molecule has 0 fully saturated rings. The maximum atomic E-state index is 12.5. The molecular weight excluding hydrogens is 352 g/mol. The SMILES string of the molecule is Cc1ccc(CN(C)C(=O)Cn2cc([N+](=O)[O-])cc(C(N)=O)c2=O)c(C)c1. The average molecular weight is 372 g/mol. The summed E-state index contributed by atoms with van der Waals surface area (Å²) in [5, 5.41) is 11.0.